The molecule has 3 N–H and O–H groups in total. The lowest BCUT2D eigenvalue weighted by Gasteiger charge is -2.35. The molecule has 17 heteroatoms. The number of nitrogens with zero attached hydrogens (tertiary/aromatic N) is 2. The number of carbonyl (C=O) groups excluding carboxylic acids is 4. The molecule has 2 aliphatic heterocycles. The highest BCUT2D eigenvalue weighted by Gasteiger charge is 2.63. The first-order chi connectivity index (χ1) is 30.5. The summed E-state index contributed by atoms with van der Waals surface area (Å²) in [6.45, 7) is 12.6. The number of para-hydroxylation sites is 1. The third-order valence-electron chi connectivity index (χ3n) is 13.4. The number of sulfonamides is 1. The van der Waals surface area contributed by atoms with Crippen molar-refractivity contribution in [1.29, 1.82) is 0 Å². The number of nitrogens with one attached hydrogen (secondary N) is 3. The van der Waals surface area contributed by atoms with Crippen LogP contribution in [0, 0.1) is 17.3 Å². The highest BCUT2D eigenvalue weighted by atomic mass is 32.2. The summed E-state index contributed by atoms with van der Waals surface area (Å²) in [4.78, 5) is 63.5. The van der Waals surface area contributed by atoms with Crippen molar-refractivity contribution >= 4 is 44.7 Å². The second kappa shape index (κ2) is 19.4. The van der Waals surface area contributed by atoms with Gasteiger partial charge < -0.3 is 39.2 Å². The minimum absolute atomic E-state index is 0.00570. The van der Waals surface area contributed by atoms with Crippen LogP contribution in [0.4, 0.5) is 4.79 Å². The van der Waals surface area contributed by atoms with Gasteiger partial charge in [0, 0.05) is 37.9 Å². The third kappa shape index (κ3) is 10.4. The molecule has 7 rings (SSSR count). The van der Waals surface area contributed by atoms with E-state index in [-0.39, 0.29) is 31.4 Å². The average molecular weight is 908 g/mol. The van der Waals surface area contributed by atoms with Gasteiger partial charge in [-0.2, -0.15) is 0 Å². The van der Waals surface area contributed by atoms with Crippen molar-refractivity contribution in [2.75, 3.05) is 40.1 Å². The monoisotopic (exact) mass is 907 g/mol. The summed E-state index contributed by atoms with van der Waals surface area (Å²) < 4.78 is 57.7. The molecule has 350 valence electrons. The van der Waals surface area contributed by atoms with E-state index in [1.807, 2.05) is 45.0 Å². The lowest BCUT2D eigenvalue weighted by molar-refractivity contribution is -0.143. The summed E-state index contributed by atoms with van der Waals surface area (Å²) in [6.07, 6.45) is 10.00. The molecule has 2 bridgehead atoms. The lowest BCUT2D eigenvalue weighted by Crippen LogP contribution is -2.60. The number of aromatic nitrogens is 1. The van der Waals surface area contributed by atoms with E-state index in [1.54, 1.807) is 14.0 Å². The second-order valence-corrected chi connectivity index (χ2v) is 21.4. The van der Waals surface area contributed by atoms with Gasteiger partial charge in [0.2, 0.25) is 27.7 Å². The van der Waals surface area contributed by atoms with Gasteiger partial charge in [-0.05, 0) is 88.2 Å². The fourth-order valence-corrected chi connectivity index (χ4v) is 10.4. The van der Waals surface area contributed by atoms with E-state index in [4.69, 9.17) is 28.7 Å². The van der Waals surface area contributed by atoms with Gasteiger partial charge in [-0.25, -0.2) is 18.2 Å². The molecular weight excluding hydrogens is 843 g/mol. The van der Waals surface area contributed by atoms with E-state index >= 15 is 0 Å². The molecule has 0 radical (unpaired) electrons. The maximum Gasteiger partial charge on any atom is 0.408 e. The van der Waals surface area contributed by atoms with E-state index in [0.717, 1.165) is 37.5 Å². The molecular formula is C47H65N5O11S. The Morgan fingerprint density at radius 2 is 1.84 bits per heavy atom. The first kappa shape index (κ1) is 47.2. The molecule has 4 amide bonds. The van der Waals surface area contributed by atoms with Crippen molar-refractivity contribution in [3.8, 4) is 11.6 Å². The topological polar surface area (TPSA) is 201 Å². The molecule has 5 aliphatic rings. The largest absolute Gasteiger partial charge is 0.492 e. The highest BCUT2D eigenvalue weighted by molar-refractivity contribution is 7.91. The molecule has 64 heavy (non-hydrogen) atoms. The number of alkyl carbamates (subject to hydrolysis) is 1. The van der Waals surface area contributed by atoms with Crippen LogP contribution < -0.4 is 24.8 Å². The third-order valence-corrected chi connectivity index (χ3v) is 15.6. The SMILES string of the molecule is C=C[C@@H]1C[C@]1(NC(=O)[C@@H]1C[C@@H]2CN1C(=O)[C@H](C(C)(C)C)NC(=O)O[C@@H]1CCC[C@H]1CCC=CCc1c(nc3ccccc3c1OCCCOCCOC)O2)C(=O)NS(=O)(=O)C1(C)CC1. The van der Waals surface area contributed by atoms with Gasteiger partial charge in [0.25, 0.3) is 5.91 Å². The van der Waals surface area contributed by atoms with Crippen LogP contribution in [0.15, 0.2) is 49.1 Å². The Balaban J connectivity index is 1.24. The first-order valence-electron chi connectivity index (χ1n) is 22.7. The van der Waals surface area contributed by atoms with Gasteiger partial charge in [-0.3, -0.25) is 19.1 Å². The molecule has 3 heterocycles. The summed E-state index contributed by atoms with van der Waals surface area (Å²) in [5, 5.41) is 6.52. The fourth-order valence-electron chi connectivity index (χ4n) is 9.09. The molecule has 0 spiro atoms. The van der Waals surface area contributed by atoms with Crippen molar-refractivity contribution in [2.24, 2.45) is 17.3 Å². The predicted octanol–water partition coefficient (Wildman–Crippen LogP) is 5.28. The molecule has 7 atom stereocenters. The van der Waals surface area contributed by atoms with Crippen molar-refractivity contribution in [2.45, 2.75) is 133 Å². The van der Waals surface area contributed by atoms with Gasteiger partial charge >= 0.3 is 6.09 Å². The number of carbonyl (C=O) groups is 4. The summed E-state index contributed by atoms with van der Waals surface area (Å²) >= 11 is 0. The fraction of sp³-hybridized carbons (Fsp3) is 0.638. The van der Waals surface area contributed by atoms with Crippen molar-refractivity contribution in [3.05, 3.63) is 54.6 Å². The van der Waals surface area contributed by atoms with E-state index in [2.05, 4.69) is 34.1 Å². The predicted molar refractivity (Wildman–Crippen MR) is 239 cm³/mol. The van der Waals surface area contributed by atoms with Gasteiger partial charge in [-0.1, -0.05) is 51.1 Å². The molecule has 4 fully saturated rings. The van der Waals surface area contributed by atoms with Crippen molar-refractivity contribution < 1.29 is 51.3 Å². The quantitative estimate of drug-likeness (QED) is 0.164. The molecule has 1 saturated heterocycles. The number of amides is 4. The molecule has 1 aromatic carbocycles. The number of ether oxygens (including phenoxy) is 5. The molecule has 3 aliphatic carbocycles. The maximum absolute atomic E-state index is 15.0. The van der Waals surface area contributed by atoms with Gasteiger partial charge in [0.15, 0.2) is 0 Å². The molecule has 16 nitrogen and oxygen atoms in total. The van der Waals surface area contributed by atoms with Crippen LogP contribution in [0.1, 0.15) is 97.5 Å². The van der Waals surface area contributed by atoms with Crippen LogP contribution in [-0.2, 0) is 45.0 Å². The van der Waals surface area contributed by atoms with E-state index in [1.165, 1.54) is 11.0 Å². The zero-order valence-electron chi connectivity index (χ0n) is 37.8. The standard InChI is InChI=1S/C47H65N5O11S/c1-7-31-28-47(31,43(55)51-64(57,58)46(5)21-22-46)50-40(53)36-27-32-29-52(36)42(54)39(45(2,3)4)49-44(56)63-37-20-13-16-30(37)15-9-8-10-18-34-38(61-24-14-23-60-26-25-59-6)33-17-11-12-19-35(33)48-41(34)62-32/h7-8,10-12,17,19,30-32,36-37,39H,1,9,13-16,18,20-29H2,2-6H3,(H,49,56)(H,50,53)(H,51,55)/t30-,31-,32-,36+,37-,39-,47-/m1/s1. The Morgan fingerprint density at radius 1 is 1.06 bits per heavy atom. The van der Waals surface area contributed by atoms with E-state index in [9.17, 15) is 27.6 Å². The number of methoxy groups -OCH3 is 1. The summed E-state index contributed by atoms with van der Waals surface area (Å²) in [5.41, 5.74) is -1.09. The Kier molecular flexibility index (Phi) is 14.3. The number of rotatable bonds is 14. The number of hydrogen-bond acceptors (Lipinski definition) is 12. The van der Waals surface area contributed by atoms with Crippen molar-refractivity contribution in [1.82, 2.24) is 25.2 Å². The molecule has 2 aromatic rings. The number of allylic oxidation sites excluding steroid dienone is 2. The smallest absolute Gasteiger partial charge is 0.408 e. The van der Waals surface area contributed by atoms with Crippen LogP contribution in [0.2, 0.25) is 0 Å². The minimum Gasteiger partial charge on any atom is -0.492 e. The Hall–Kier alpha value is -4.74. The van der Waals surface area contributed by atoms with Crippen LogP contribution in [0.25, 0.3) is 10.9 Å². The highest BCUT2D eigenvalue weighted by Crippen LogP contribution is 2.47. The number of benzene rings is 1. The Bertz CT molecular complexity index is 2220. The molecule has 1 aromatic heterocycles. The first-order valence-corrected chi connectivity index (χ1v) is 24.2. The molecule has 0 unspecified atom stereocenters. The summed E-state index contributed by atoms with van der Waals surface area (Å²) in [7, 11) is -2.40. The minimum atomic E-state index is -4.03. The number of hydrogen-bond donors (Lipinski definition) is 3. The normalized spacial score (nSPS) is 28.0. The summed E-state index contributed by atoms with van der Waals surface area (Å²) in [5.74, 6) is -1.56. The number of fused-ring (bicyclic) bond motifs is 5. The van der Waals surface area contributed by atoms with Crippen molar-refractivity contribution in [3.63, 3.8) is 0 Å². The van der Waals surface area contributed by atoms with Crippen LogP contribution >= 0.6 is 0 Å². The summed E-state index contributed by atoms with van der Waals surface area (Å²) in [6, 6.07) is 5.33. The Morgan fingerprint density at radius 3 is 2.56 bits per heavy atom. The van der Waals surface area contributed by atoms with Crippen LogP contribution in [-0.4, -0.2) is 117 Å². The van der Waals surface area contributed by atoms with Gasteiger partial charge in [0.05, 0.1) is 42.2 Å². The van der Waals surface area contributed by atoms with Crippen LogP contribution in [0.5, 0.6) is 11.6 Å². The maximum atomic E-state index is 15.0. The van der Waals surface area contributed by atoms with E-state index in [0.29, 0.717) is 74.8 Å². The number of pyridine rings is 1. The molecule has 3 saturated carbocycles. The lowest BCUT2D eigenvalue weighted by atomic mass is 9.85. The average Bonchev–Trinajstić information content (AvgIpc) is 4.06. The second-order valence-electron chi connectivity index (χ2n) is 19.3. The van der Waals surface area contributed by atoms with Gasteiger partial charge in [0.1, 0.15) is 35.6 Å². The van der Waals surface area contributed by atoms with Gasteiger partial charge in [-0.15, -0.1) is 6.58 Å². The zero-order chi connectivity index (χ0) is 45.9. The Labute approximate surface area is 376 Å². The zero-order valence-corrected chi connectivity index (χ0v) is 38.6. The van der Waals surface area contributed by atoms with E-state index < -0.39 is 73.6 Å². The van der Waals surface area contributed by atoms with Crippen LogP contribution in [0.3, 0.4) is 0 Å².